The molecular weight excluding hydrogens is 369 g/mol. The molecule has 1 heterocycles. The zero-order chi connectivity index (χ0) is 14.4. The molecular formula is C14H18IN3O2. The van der Waals surface area contributed by atoms with Gasteiger partial charge in [0.25, 0.3) is 0 Å². The van der Waals surface area contributed by atoms with E-state index in [1.165, 1.54) is 0 Å². The zero-order valence-corrected chi connectivity index (χ0v) is 13.4. The van der Waals surface area contributed by atoms with Crippen molar-refractivity contribution >= 4 is 22.6 Å². The van der Waals surface area contributed by atoms with Crippen LogP contribution >= 0.6 is 22.6 Å². The van der Waals surface area contributed by atoms with Crippen LogP contribution in [-0.4, -0.2) is 34.1 Å². The van der Waals surface area contributed by atoms with E-state index >= 15 is 0 Å². The molecule has 20 heavy (non-hydrogen) atoms. The van der Waals surface area contributed by atoms with Crippen LogP contribution in [0, 0.1) is 3.57 Å². The minimum atomic E-state index is -0.536. The average molecular weight is 387 g/mol. The predicted molar refractivity (Wildman–Crippen MR) is 85.6 cm³/mol. The second-order valence-corrected chi connectivity index (χ2v) is 5.82. The van der Waals surface area contributed by atoms with Gasteiger partial charge in [-0.2, -0.15) is 5.10 Å². The van der Waals surface area contributed by atoms with Crippen molar-refractivity contribution < 1.29 is 9.84 Å². The average Bonchev–Trinajstić information content (AvgIpc) is 2.84. The van der Waals surface area contributed by atoms with Crippen LogP contribution in [0.1, 0.15) is 5.56 Å². The Labute approximate surface area is 132 Å². The summed E-state index contributed by atoms with van der Waals surface area (Å²) >= 11 is 2.24. The van der Waals surface area contributed by atoms with Crippen molar-refractivity contribution in [3.05, 3.63) is 45.8 Å². The lowest BCUT2D eigenvalue weighted by Gasteiger charge is -2.13. The van der Waals surface area contributed by atoms with Crippen LogP contribution in [0.15, 0.2) is 36.7 Å². The van der Waals surface area contributed by atoms with Crippen molar-refractivity contribution in [2.45, 2.75) is 12.6 Å². The number of aliphatic hydroxyl groups is 1. The maximum absolute atomic E-state index is 9.84. The van der Waals surface area contributed by atoms with Gasteiger partial charge in [-0.15, -0.1) is 0 Å². The summed E-state index contributed by atoms with van der Waals surface area (Å²) in [5, 5.41) is 17.1. The lowest BCUT2D eigenvalue weighted by atomic mass is 10.3. The molecule has 0 aliphatic rings. The number of aryl methyl sites for hydroxylation is 1. The fraction of sp³-hybridized carbons (Fsp3) is 0.357. The summed E-state index contributed by atoms with van der Waals surface area (Å²) in [6.07, 6.45) is 3.22. The lowest BCUT2D eigenvalue weighted by molar-refractivity contribution is 0.106. The zero-order valence-electron chi connectivity index (χ0n) is 11.3. The Balaban J connectivity index is 1.65. The summed E-state index contributed by atoms with van der Waals surface area (Å²) in [5.41, 5.74) is 1.10. The largest absolute Gasteiger partial charge is 0.491 e. The molecule has 0 bridgehead atoms. The van der Waals surface area contributed by atoms with Crippen LogP contribution in [0.25, 0.3) is 0 Å². The smallest absolute Gasteiger partial charge is 0.119 e. The van der Waals surface area contributed by atoms with Gasteiger partial charge in [-0.05, 0) is 46.9 Å². The first-order valence-electron chi connectivity index (χ1n) is 6.38. The van der Waals surface area contributed by atoms with Gasteiger partial charge in [0.15, 0.2) is 0 Å². The molecule has 2 N–H and O–H groups in total. The molecule has 0 saturated heterocycles. The van der Waals surface area contributed by atoms with Crippen LogP contribution in [0.5, 0.6) is 5.75 Å². The highest BCUT2D eigenvalue weighted by Gasteiger charge is 2.05. The number of benzene rings is 1. The number of hydrogen-bond donors (Lipinski definition) is 2. The number of rotatable bonds is 7. The Bertz CT molecular complexity index is 527. The first-order valence-corrected chi connectivity index (χ1v) is 7.46. The molecule has 0 aliphatic heterocycles. The first kappa shape index (κ1) is 15.3. The van der Waals surface area contributed by atoms with Crippen LogP contribution < -0.4 is 10.1 Å². The van der Waals surface area contributed by atoms with Gasteiger partial charge in [-0.1, -0.05) is 0 Å². The molecule has 0 saturated carbocycles. The highest BCUT2D eigenvalue weighted by molar-refractivity contribution is 14.1. The summed E-state index contributed by atoms with van der Waals surface area (Å²) in [6, 6.07) is 7.75. The number of ether oxygens (including phenoxy) is 1. The van der Waals surface area contributed by atoms with Crippen LogP contribution in [0.3, 0.4) is 0 Å². The van der Waals surface area contributed by atoms with Crippen molar-refractivity contribution in [3.8, 4) is 5.75 Å². The fourth-order valence-corrected chi connectivity index (χ4v) is 2.09. The van der Waals surface area contributed by atoms with E-state index in [9.17, 15) is 5.11 Å². The molecule has 108 valence electrons. The highest BCUT2D eigenvalue weighted by Crippen LogP contribution is 2.13. The van der Waals surface area contributed by atoms with Gasteiger partial charge in [0, 0.05) is 35.5 Å². The van der Waals surface area contributed by atoms with Gasteiger partial charge in [0.05, 0.1) is 6.20 Å². The van der Waals surface area contributed by atoms with E-state index < -0.39 is 6.10 Å². The topological polar surface area (TPSA) is 59.3 Å². The molecule has 0 fully saturated rings. The standard InChI is InChI=1S/C14H18IN3O2/c1-18-9-11(7-17-18)6-16-8-13(19)10-20-14-4-2-12(15)3-5-14/h2-5,7,9,13,16,19H,6,8,10H2,1H3. The lowest BCUT2D eigenvalue weighted by Crippen LogP contribution is -2.31. The van der Waals surface area contributed by atoms with E-state index in [2.05, 4.69) is 33.0 Å². The summed E-state index contributed by atoms with van der Waals surface area (Å²) in [6.45, 7) is 1.45. The Hall–Kier alpha value is -1.12. The molecule has 0 aliphatic carbocycles. The molecule has 1 unspecified atom stereocenters. The molecule has 6 heteroatoms. The number of halogens is 1. The maximum atomic E-state index is 9.84. The van der Waals surface area contributed by atoms with Gasteiger partial charge in [-0.25, -0.2) is 0 Å². The molecule has 1 aromatic carbocycles. The first-order chi connectivity index (χ1) is 9.63. The van der Waals surface area contributed by atoms with E-state index in [0.717, 1.165) is 14.9 Å². The summed E-state index contributed by atoms with van der Waals surface area (Å²) in [7, 11) is 1.88. The van der Waals surface area contributed by atoms with E-state index in [1.807, 2.05) is 43.7 Å². The normalized spacial score (nSPS) is 12.3. The molecule has 0 amide bonds. The van der Waals surface area contributed by atoms with Crippen molar-refractivity contribution in [1.82, 2.24) is 15.1 Å². The highest BCUT2D eigenvalue weighted by atomic mass is 127. The Morgan fingerprint density at radius 2 is 2.15 bits per heavy atom. The summed E-state index contributed by atoms with van der Waals surface area (Å²) < 4.78 is 8.44. The SMILES string of the molecule is Cn1cc(CNCC(O)COc2ccc(I)cc2)cn1. The molecule has 1 atom stereocenters. The van der Waals surface area contributed by atoms with Crippen molar-refractivity contribution in [3.63, 3.8) is 0 Å². The van der Waals surface area contributed by atoms with Crippen LogP contribution in [0.2, 0.25) is 0 Å². The van der Waals surface area contributed by atoms with E-state index in [0.29, 0.717) is 13.1 Å². The fourth-order valence-electron chi connectivity index (χ4n) is 1.73. The van der Waals surface area contributed by atoms with Gasteiger partial charge < -0.3 is 15.2 Å². The molecule has 5 nitrogen and oxygen atoms in total. The van der Waals surface area contributed by atoms with Gasteiger partial charge in [0.2, 0.25) is 0 Å². The minimum absolute atomic E-state index is 0.278. The second-order valence-electron chi connectivity index (χ2n) is 4.57. The number of nitrogens with zero attached hydrogens (tertiary/aromatic N) is 2. The van der Waals surface area contributed by atoms with Crippen molar-refractivity contribution in [2.24, 2.45) is 7.05 Å². The van der Waals surface area contributed by atoms with E-state index in [-0.39, 0.29) is 6.61 Å². The quantitative estimate of drug-likeness (QED) is 0.708. The Morgan fingerprint density at radius 1 is 1.40 bits per heavy atom. The van der Waals surface area contributed by atoms with Gasteiger partial charge >= 0.3 is 0 Å². The molecule has 2 rings (SSSR count). The van der Waals surface area contributed by atoms with Crippen LogP contribution in [0.4, 0.5) is 0 Å². The Kier molecular flexibility index (Phi) is 5.81. The van der Waals surface area contributed by atoms with E-state index in [4.69, 9.17) is 4.74 Å². The van der Waals surface area contributed by atoms with E-state index in [1.54, 1.807) is 4.68 Å². The minimum Gasteiger partial charge on any atom is -0.491 e. The molecule has 1 aromatic heterocycles. The van der Waals surface area contributed by atoms with Crippen molar-refractivity contribution in [2.75, 3.05) is 13.2 Å². The third-order valence-corrected chi connectivity index (χ3v) is 3.44. The molecule has 2 aromatic rings. The predicted octanol–water partition coefficient (Wildman–Crippen LogP) is 1.55. The summed E-state index contributed by atoms with van der Waals surface area (Å²) in [5.74, 6) is 0.775. The van der Waals surface area contributed by atoms with Gasteiger partial charge in [-0.3, -0.25) is 4.68 Å². The second kappa shape index (κ2) is 7.61. The number of nitrogens with one attached hydrogen (secondary N) is 1. The van der Waals surface area contributed by atoms with Gasteiger partial charge in [0.1, 0.15) is 18.5 Å². The number of aliphatic hydroxyl groups excluding tert-OH is 1. The third-order valence-electron chi connectivity index (χ3n) is 2.72. The number of hydrogen-bond acceptors (Lipinski definition) is 4. The molecule has 0 radical (unpaired) electrons. The Morgan fingerprint density at radius 3 is 2.80 bits per heavy atom. The summed E-state index contributed by atoms with van der Waals surface area (Å²) in [4.78, 5) is 0. The molecule has 0 spiro atoms. The third kappa shape index (κ3) is 5.10. The number of aromatic nitrogens is 2. The monoisotopic (exact) mass is 387 g/mol. The maximum Gasteiger partial charge on any atom is 0.119 e. The van der Waals surface area contributed by atoms with Crippen LogP contribution in [-0.2, 0) is 13.6 Å². The van der Waals surface area contributed by atoms with Crippen molar-refractivity contribution in [1.29, 1.82) is 0 Å².